The topological polar surface area (TPSA) is 74.4 Å². The zero-order valence-electron chi connectivity index (χ0n) is 13.3. The molecule has 5 heteroatoms. The molecule has 0 aliphatic carbocycles. The molecular weight excluding hydrogens is 280 g/mol. The number of methoxy groups -OCH3 is 1. The van der Waals surface area contributed by atoms with E-state index in [1.54, 1.807) is 21.0 Å². The molecule has 2 N–H and O–H groups in total. The van der Waals surface area contributed by atoms with Crippen molar-refractivity contribution in [1.29, 1.82) is 0 Å². The first-order valence-corrected chi connectivity index (χ1v) is 7.08. The quantitative estimate of drug-likeness (QED) is 0.878. The van der Waals surface area contributed by atoms with Crippen LogP contribution >= 0.6 is 0 Å². The van der Waals surface area contributed by atoms with E-state index in [1.165, 1.54) is 0 Å². The van der Waals surface area contributed by atoms with Crippen LogP contribution in [0, 0.1) is 13.8 Å². The summed E-state index contributed by atoms with van der Waals surface area (Å²) in [4.78, 5) is 16.7. The Hall–Kier alpha value is -2.56. The van der Waals surface area contributed by atoms with Gasteiger partial charge in [0.15, 0.2) is 0 Å². The Kier molecular flexibility index (Phi) is 4.65. The van der Waals surface area contributed by atoms with E-state index < -0.39 is 5.97 Å². The number of ether oxygens (including phenoxy) is 2. The average molecular weight is 300 g/mol. The standard InChI is InChI=1S/C17H20N2O3/c1-5-22-17(20)14-10(2)19-11(3)16(18)15(14)12-8-6-7-9-13(12)21-4/h6-9H,5,18H2,1-4H3. The van der Waals surface area contributed by atoms with Gasteiger partial charge in [0.25, 0.3) is 0 Å². The number of rotatable bonds is 4. The minimum absolute atomic E-state index is 0.289. The second-order valence-electron chi connectivity index (χ2n) is 4.87. The van der Waals surface area contributed by atoms with Crippen molar-refractivity contribution in [1.82, 2.24) is 4.98 Å². The molecule has 0 radical (unpaired) electrons. The summed E-state index contributed by atoms with van der Waals surface area (Å²) in [6.07, 6.45) is 0. The zero-order valence-corrected chi connectivity index (χ0v) is 13.3. The fourth-order valence-electron chi connectivity index (χ4n) is 2.45. The number of pyridine rings is 1. The molecule has 22 heavy (non-hydrogen) atoms. The van der Waals surface area contributed by atoms with Crippen LogP contribution in [0.1, 0.15) is 28.7 Å². The van der Waals surface area contributed by atoms with E-state index in [2.05, 4.69) is 4.98 Å². The first-order valence-electron chi connectivity index (χ1n) is 7.08. The Morgan fingerprint density at radius 3 is 2.55 bits per heavy atom. The van der Waals surface area contributed by atoms with Gasteiger partial charge < -0.3 is 15.2 Å². The number of nitrogens with zero attached hydrogens (tertiary/aromatic N) is 1. The van der Waals surface area contributed by atoms with Crippen molar-refractivity contribution in [2.24, 2.45) is 0 Å². The fourth-order valence-corrected chi connectivity index (χ4v) is 2.45. The Balaban J connectivity index is 2.80. The van der Waals surface area contributed by atoms with Crippen molar-refractivity contribution in [2.45, 2.75) is 20.8 Å². The lowest BCUT2D eigenvalue weighted by molar-refractivity contribution is 0.0526. The van der Waals surface area contributed by atoms with Crippen LogP contribution in [0.15, 0.2) is 24.3 Å². The van der Waals surface area contributed by atoms with Crippen molar-refractivity contribution < 1.29 is 14.3 Å². The molecule has 1 heterocycles. The van der Waals surface area contributed by atoms with Crippen LogP contribution < -0.4 is 10.5 Å². The predicted molar refractivity (Wildman–Crippen MR) is 86.1 cm³/mol. The molecule has 5 nitrogen and oxygen atoms in total. The summed E-state index contributed by atoms with van der Waals surface area (Å²) < 4.78 is 10.6. The van der Waals surface area contributed by atoms with Crippen LogP contribution in [-0.2, 0) is 4.74 Å². The third-order valence-corrected chi connectivity index (χ3v) is 3.46. The Morgan fingerprint density at radius 1 is 1.23 bits per heavy atom. The summed E-state index contributed by atoms with van der Waals surface area (Å²) in [7, 11) is 1.58. The average Bonchev–Trinajstić information content (AvgIpc) is 2.50. The zero-order chi connectivity index (χ0) is 16.3. The maximum atomic E-state index is 12.4. The fraction of sp³-hybridized carbons (Fsp3) is 0.294. The minimum Gasteiger partial charge on any atom is -0.496 e. The second-order valence-corrected chi connectivity index (χ2v) is 4.87. The molecule has 0 fully saturated rings. The van der Waals surface area contributed by atoms with E-state index in [1.807, 2.05) is 31.2 Å². The summed E-state index contributed by atoms with van der Waals surface area (Å²) in [5.74, 6) is 0.213. The Bertz CT molecular complexity index is 711. The molecule has 0 spiro atoms. The number of para-hydroxylation sites is 1. The van der Waals surface area contributed by atoms with Gasteiger partial charge in [0.2, 0.25) is 0 Å². The molecule has 0 aliphatic rings. The number of hydrogen-bond donors (Lipinski definition) is 1. The smallest absolute Gasteiger partial charge is 0.340 e. The summed E-state index contributed by atoms with van der Waals surface area (Å²) in [6.45, 7) is 5.65. The third-order valence-electron chi connectivity index (χ3n) is 3.46. The molecule has 0 aliphatic heterocycles. The van der Waals surface area contributed by atoms with Gasteiger partial charge in [-0.2, -0.15) is 0 Å². The summed E-state index contributed by atoms with van der Waals surface area (Å²) in [5.41, 5.74) is 9.68. The molecule has 2 aromatic rings. The number of aryl methyl sites for hydroxylation is 2. The van der Waals surface area contributed by atoms with Crippen molar-refractivity contribution >= 4 is 11.7 Å². The lowest BCUT2D eigenvalue weighted by Gasteiger charge is -2.17. The van der Waals surface area contributed by atoms with Crippen LogP contribution in [-0.4, -0.2) is 24.7 Å². The van der Waals surface area contributed by atoms with Crippen molar-refractivity contribution in [3.63, 3.8) is 0 Å². The van der Waals surface area contributed by atoms with Crippen LogP contribution in [0.5, 0.6) is 5.75 Å². The molecule has 1 aromatic carbocycles. The maximum absolute atomic E-state index is 12.4. The summed E-state index contributed by atoms with van der Waals surface area (Å²) in [6, 6.07) is 7.43. The first kappa shape index (κ1) is 15.8. The number of hydrogen-bond acceptors (Lipinski definition) is 5. The summed E-state index contributed by atoms with van der Waals surface area (Å²) in [5, 5.41) is 0. The van der Waals surface area contributed by atoms with E-state index in [0.717, 1.165) is 5.56 Å². The number of anilines is 1. The number of benzene rings is 1. The van der Waals surface area contributed by atoms with E-state index >= 15 is 0 Å². The Morgan fingerprint density at radius 2 is 1.91 bits per heavy atom. The number of nitrogens with two attached hydrogens (primary N) is 1. The monoisotopic (exact) mass is 300 g/mol. The largest absolute Gasteiger partial charge is 0.496 e. The summed E-state index contributed by atoms with van der Waals surface area (Å²) >= 11 is 0. The van der Waals surface area contributed by atoms with Crippen LogP contribution in [0.3, 0.4) is 0 Å². The van der Waals surface area contributed by atoms with Gasteiger partial charge in [0, 0.05) is 11.1 Å². The molecule has 0 unspecified atom stereocenters. The molecule has 0 amide bonds. The minimum atomic E-state index is -0.430. The highest BCUT2D eigenvalue weighted by atomic mass is 16.5. The van der Waals surface area contributed by atoms with Gasteiger partial charge in [-0.1, -0.05) is 18.2 Å². The highest BCUT2D eigenvalue weighted by Crippen LogP contribution is 2.38. The Labute approximate surface area is 130 Å². The van der Waals surface area contributed by atoms with Gasteiger partial charge >= 0.3 is 5.97 Å². The molecule has 116 valence electrons. The molecule has 1 aromatic heterocycles. The van der Waals surface area contributed by atoms with Gasteiger partial charge in [-0.3, -0.25) is 4.98 Å². The number of aromatic nitrogens is 1. The number of carbonyl (C=O) groups is 1. The SMILES string of the molecule is CCOC(=O)c1c(C)nc(C)c(N)c1-c1ccccc1OC. The van der Waals surface area contributed by atoms with Gasteiger partial charge in [-0.05, 0) is 26.8 Å². The molecule has 2 rings (SSSR count). The molecule has 0 atom stereocenters. The highest BCUT2D eigenvalue weighted by molar-refractivity contribution is 6.03. The third kappa shape index (κ3) is 2.74. The number of carbonyl (C=O) groups excluding carboxylic acids is 1. The number of esters is 1. The maximum Gasteiger partial charge on any atom is 0.340 e. The van der Waals surface area contributed by atoms with Crippen LogP contribution in [0.25, 0.3) is 11.1 Å². The predicted octanol–water partition coefficient (Wildman–Crippen LogP) is 3.13. The van der Waals surface area contributed by atoms with E-state index in [0.29, 0.717) is 34.0 Å². The van der Waals surface area contributed by atoms with Crippen molar-refractivity contribution in [3.8, 4) is 16.9 Å². The number of nitrogen functional groups attached to an aromatic ring is 1. The van der Waals surface area contributed by atoms with Gasteiger partial charge in [-0.15, -0.1) is 0 Å². The van der Waals surface area contributed by atoms with Gasteiger partial charge in [0.1, 0.15) is 5.75 Å². The lowest BCUT2D eigenvalue weighted by Crippen LogP contribution is -2.13. The molecule has 0 saturated heterocycles. The van der Waals surface area contributed by atoms with E-state index in [4.69, 9.17) is 15.2 Å². The van der Waals surface area contributed by atoms with Gasteiger partial charge in [0.05, 0.1) is 36.4 Å². The van der Waals surface area contributed by atoms with E-state index in [9.17, 15) is 4.79 Å². The van der Waals surface area contributed by atoms with E-state index in [-0.39, 0.29) is 6.61 Å². The van der Waals surface area contributed by atoms with Crippen LogP contribution in [0.2, 0.25) is 0 Å². The first-order chi connectivity index (χ1) is 10.5. The normalized spacial score (nSPS) is 10.4. The van der Waals surface area contributed by atoms with Crippen LogP contribution in [0.4, 0.5) is 5.69 Å². The highest BCUT2D eigenvalue weighted by Gasteiger charge is 2.24. The molecule has 0 bridgehead atoms. The molecular formula is C17H20N2O3. The van der Waals surface area contributed by atoms with Gasteiger partial charge in [-0.25, -0.2) is 4.79 Å². The van der Waals surface area contributed by atoms with Crippen molar-refractivity contribution in [3.05, 3.63) is 41.2 Å². The van der Waals surface area contributed by atoms with Crippen molar-refractivity contribution in [2.75, 3.05) is 19.5 Å². The second kappa shape index (κ2) is 6.47. The lowest BCUT2D eigenvalue weighted by atomic mass is 9.95. The molecule has 0 saturated carbocycles.